The number of benzene rings is 1. The Morgan fingerprint density at radius 1 is 1.15 bits per heavy atom. The van der Waals surface area contributed by atoms with E-state index in [1.807, 2.05) is 13.8 Å². The van der Waals surface area contributed by atoms with Gasteiger partial charge in [0, 0.05) is 0 Å². The van der Waals surface area contributed by atoms with Gasteiger partial charge in [-0.25, -0.2) is 4.79 Å². The van der Waals surface area contributed by atoms with E-state index in [4.69, 9.17) is 10.2 Å². The summed E-state index contributed by atoms with van der Waals surface area (Å²) in [7, 11) is 0. The first-order valence-corrected chi connectivity index (χ1v) is 13.1. The number of aryl methyl sites for hydroxylation is 1. The van der Waals surface area contributed by atoms with Crippen molar-refractivity contribution in [3.63, 3.8) is 0 Å². The Balaban J connectivity index is 0. The van der Waals surface area contributed by atoms with Gasteiger partial charge in [0.2, 0.25) is 0 Å². The number of rotatable bonds is 1. The molecule has 3 nitrogen and oxygen atoms in total. The summed E-state index contributed by atoms with van der Waals surface area (Å²) in [6.07, 6.45) is 0. The third-order valence-electron chi connectivity index (χ3n) is 2.78. The Morgan fingerprint density at radius 3 is 1.80 bits per heavy atom. The molecule has 0 radical (unpaired) electrons. The second-order valence-electron chi connectivity index (χ2n) is 5.37. The van der Waals surface area contributed by atoms with Gasteiger partial charge in [0.1, 0.15) is 5.75 Å². The van der Waals surface area contributed by atoms with E-state index in [0.717, 1.165) is 0 Å². The van der Waals surface area contributed by atoms with E-state index >= 15 is 0 Å². The van der Waals surface area contributed by atoms with Crippen LogP contribution in [0.3, 0.4) is 0 Å². The quantitative estimate of drug-likeness (QED) is 0.665. The third-order valence-corrected chi connectivity index (χ3v) is 10.4. The summed E-state index contributed by atoms with van der Waals surface area (Å²) in [5, 5.41) is 17.5. The maximum absolute atomic E-state index is 10.5. The SMILES string of the molecule is CC.Cc1cc(O)ccc1C(=O)O.[CH3][Sb]([CH3])[C](C)(C)C. The van der Waals surface area contributed by atoms with Gasteiger partial charge < -0.3 is 10.2 Å². The molecule has 0 saturated heterocycles. The standard InChI is InChI=1S/C8H8O3.C4H9.C2H6.2CH3.Sb/c1-5-4-6(9)2-3-7(5)8(10)11;1-4(2)3;1-2;;;/h2-4,9H,1H3,(H,10,11);1-3H3;1-2H3;2*1H3;. The number of hydrogen-bond acceptors (Lipinski definition) is 2. The summed E-state index contributed by atoms with van der Waals surface area (Å²) in [4.78, 5) is 15.3. The molecule has 0 heterocycles. The molecule has 0 aromatic heterocycles. The van der Waals surface area contributed by atoms with E-state index in [9.17, 15) is 4.79 Å². The average Bonchev–Trinajstić information content (AvgIpc) is 2.30. The van der Waals surface area contributed by atoms with Crippen LogP contribution in [0.25, 0.3) is 0 Å². The molecule has 1 aromatic carbocycles. The topological polar surface area (TPSA) is 57.5 Å². The van der Waals surface area contributed by atoms with Crippen molar-refractivity contribution >= 4 is 26.2 Å². The van der Waals surface area contributed by atoms with Crippen molar-refractivity contribution in [2.75, 3.05) is 0 Å². The summed E-state index contributed by atoms with van der Waals surface area (Å²) < 4.78 is 0.683. The first-order valence-electron chi connectivity index (χ1n) is 6.76. The van der Waals surface area contributed by atoms with Gasteiger partial charge in [-0.1, -0.05) is 13.8 Å². The molecule has 0 aliphatic carbocycles. The van der Waals surface area contributed by atoms with E-state index in [-0.39, 0.29) is 11.3 Å². The summed E-state index contributed by atoms with van der Waals surface area (Å²) in [5.74, 6) is -0.880. The zero-order valence-electron chi connectivity index (χ0n) is 14.0. The molecule has 0 amide bonds. The molecule has 0 bridgehead atoms. The molecule has 0 spiro atoms. The molecule has 1 aromatic rings. The molecule has 20 heavy (non-hydrogen) atoms. The van der Waals surface area contributed by atoms with Crippen molar-refractivity contribution in [3.05, 3.63) is 29.3 Å². The predicted octanol–water partition coefficient (Wildman–Crippen LogP) is 4.97. The van der Waals surface area contributed by atoms with E-state index in [0.29, 0.717) is 8.92 Å². The van der Waals surface area contributed by atoms with E-state index in [1.54, 1.807) is 6.92 Å². The van der Waals surface area contributed by atoms with E-state index in [1.165, 1.54) is 18.2 Å². The number of carboxylic acid groups (broad SMARTS) is 1. The molecule has 1 rings (SSSR count). The Morgan fingerprint density at radius 2 is 1.55 bits per heavy atom. The Kier molecular flexibility index (Phi) is 10.9. The average molecular weight is 391 g/mol. The molecular weight excluding hydrogens is 362 g/mol. The monoisotopic (exact) mass is 390 g/mol. The first-order chi connectivity index (χ1) is 9.05. The van der Waals surface area contributed by atoms with Gasteiger partial charge in [0.25, 0.3) is 0 Å². The molecule has 116 valence electrons. The van der Waals surface area contributed by atoms with Crippen molar-refractivity contribution in [3.8, 4) is 5.75 Å². The first kappa shape index (κ1) is 21.6. The van der Waals surface area contributed by atoms with Crippen molar-refractivity contribution < 1.29 is 15.0 Å². The second kappa shape index (κ2) is 10.1. The van der Waals surface area contributed by atoms with E-state index in [2.05, 4.69) is 30.5 Å². The van der Waals surface area contributed by atoms with Gasteiger partial charge in [-0.05, 0) is 30.7 Å². The van der Waals surface area contributed by atoms with Gasteiger partial charge in [0.05, 0.1) is 5.56 Å². The minimum absolute atomic E-state index is 0.0903. The normalized spacial score (nSPS) is 10.1. The Bertz CT molecular complexity index is 407. The van der Waals surface area contributed by atoms with Crippen LogP contribution in [0, 0.1) is 6.92 Å². The number of aromatic carboxylic acids is 1. The number of phenols is 1. The zero-order valence-corrected chi connectivity index (χ0v) is 16.5. The van der Waals surface area contributed by atoms with Crippen LogP contribution in [-0.2, 0) is 0 Å². The van der Waals surface area contributed by atoms with Gasteiger partial charge in [-0.2, -0.15) is 0 Å². The minimum atomic E-state index is -0.970. The van der Waals surface area contributed by atoms with Gasteiger partial charge in [-0.15, -0.1) is 0 Å². The van der Waals surface area contributed by atoms with Crippen LogP contribution >= 0.6 is 0 Å². The summed E-state index contributed by atoms with van der Waals surface area (Å²) in [5.41, 5.74) is 0.792. The summed E-state index contributed by atoms with van der Waals surface area (Å²) in [6.45, 7) is 12.7. The molecule has 2 N–H and O–H groups in total. The number of aromatic hydroxyl groups is 1. The van der Waals surface area contributed by atoms with Crippen LogP contribution in [0.2, 0.25) is 13.1 Å². The second-order valence-corrected chi connectivity index (χ2v) is 14.3. The van der Waals surface area contributed by atoms with Crippen LogP contribution in [-0.4, -0.2) is 36.4 Å². The molecular formula is C16H29O3Sb. The fourth-order valence-electron chi connectivity index (χ4n) is 0.888. The van der Waals surface area contributed by atoms with E-state index < -0.39 is 26.2 Å². The summed E-state index contributed by atoms with van der Waals surface area (Å²) >= 11 is -0.729. The van der Waals surface area contributed by atoms with Crippen LogP contribution in [0.4, 0.5) is 0 Å². The van der Waals surface area contributed by atoms with Crippen molar-refractivity contribution in [2.45, 2.75) is 54.6 Å². The molecule has 4 heteroatoms. The van der Waals surface area contributed by atoms with Crippen LogP contribution in [0.1, 0.15) is 50.5 Å². The Hall–Kier alpha value is -0.692. The van der Waals surface area contributed by atoms with Crippen molar-refractivity contribution in [2.24, 2.45) is 0 Å². The number of carboxylic acids is 1. The molecule has 0 fully saturated rings. The predicted molar refractivity (Wildman–Crippen MR) is 88.3 cm³/mol. The summed E-state index contributed by atoms with van der Waals surface area (Å²) in [6, 6.07) is 4.16. The fourth-order valence-corrected chi connectivity index (χ4v) is 0.888. The number of hydrogen-bond donors (Lipinski definition) is 2. The molecule has 0 saturated carbocycles. The van der Waals surface area contributed by atoms with Crippen LogP contribution < -0.4 is 0 Å². The fraction of sp³-hybridized carbons (Fsp3) is 0.562. The molecule has 0 atom stereocenters. The zero-order chi connectivity index (χ0) is 16.5. The maximum atomic E-state index is 10.5. The molecule has 0 aliphatic heterocycles. The Labute approximate surface area is 131 Å². The third kappa shape index (κ3) is 9.25. The van der Waals surface area contributed by atoms with Crippen molar-refractivity contribution in [1.82, 2.24) is 0 Å². The molecule has 0 unspecified atom stereocenters. The van der Waals surface area contributed by atoms with Crippen molar-refractivity contribution in [1.29, 1.82) is 0 Å². The van der Waals surface area contributed by atoms with Crippen LogP contribution in [0.5, 0.6) is 5.75 Å². The number of carbonyl (C=O) groups is 1. The van der Waals surface area contributed by atoms with Gasteiger partial charge in [0.15, 0.2) is 0 Å². The molecule has 0 aliphatic rings. The van der Waals surface area contributed by atoms with Gasteiger partial charge >= 0.3 is 60.1 Å². The number of phenolic OH excluding ortho intramolecular Hbond substituents is 1. The van der Waals surface area contributed by atoms with Gasteiger partial charge in [-0.3, -0.25) is 0 Å². The van der Waals surface area contributed by atoms with Crippen LogP contribution in [0.15, 0.2) is 18.2 Å².